The van der Waals surface area contributed by atoms with Crippen LogP contribution in [0.5, 0.6) is 0 Å². The topological polar surface area (TPSA) is 38.3 Å². The second-order valence-corrected chi connectivity index (χ2v) is 4.34. The van der Waals surface area contributed by atoms with Crippen LogP contribution < -0.4 is 5.32 Å². The molecule has 1 aliphatic heterocycles. The van der Waals surface area contributed by atoms with E-state index >= 15 is 0 Å². The summed E-state index contributed by atoms with van der Waals surface area (Å²) >= 11 is 0. The summed E-state index contributed by atoms with van der Waals surface area (Å²) in [5.74, 6) is 0. The van der Waals surface area contributed by atoms with E-state index in [1.807, 2.05) is 55.5 Å². The molecule has 3 heteroatoms. The second kappa shape index (κ2) is 4.18. The number of hydrogen-bond donors (Lipinski definition) is 1. The molecule has 90 valence electrons. The van der Waals surface area contributed by atoms with E-state index in [4.69, 9.17) is 4.74 Å². The number of rotatable bonds is 1. The summed E-state index contributed by atoms with van der Waals surface area (Å²) in [7, 11) is 0. The molecule has 0 radical (unpaired) electrons. The molecule has 1 amide bonds. The molecule has 1 atom stereocenters. The fourth-order valence-electron chi connectivity index (χ4n) is 2.19. The van der Waals surface area contributed by atoms with E-state index in [2.05, 4.69) is 5.32 Å². The van der Waals surface area contributed by atoms with Crippen LogP contribution in [0, 0.1) is 0 Å². The van der Waals surface area contributed by atoms with Gasteiger partial charge in [-0.15, -0.1) is 0 Å². The summed E-state index contributed by atoms with van der Waals surface area (Å²) in [4.78, 5) is 11.4. The van der Waals surface area contributed by atoms with E-state index in [0.717, 1.165) is 22.4 Å². The van der Waals surface area contributed by atoms with Crippen LogP contribution in [0.15, 0.2) is 48.5 Å². The van der Waals surface area contributed by atoms with Crippen molar-refractivity contribution in [1.29, 1.82) is 0 Å². The zero-order valence-electron chi connectivity index (χ0n) is 10.0. The predicted molar refractivity (Wildman–Crippen MR) is 70.4 cm³/mol. The Morgan fingerprint density at radius 3 is 2.61 bits per heavy atom. The number of amides is 1. The number of anilines is 1. The van der Waals surface area contributed by atoms with Gasteiger partial charge in [-0.1, -0.05) is 42.5 Å². The zero-order chi connectivity index (χ0) is 12.5. The van der Waals surface area contributed by atoms with Gasteiger partial charge in [-0.3, -0.25) is 5.32 Å². The Morgan fingerprint density at radius 1 is 1.06 bits per heavy atom. The van der Waals surface area contributed by atoms with Crippen molar-refractivity contribution in [3.05, 3.63) is 54.1 Å². The minimum absolute atomic E-state index is 0.196. The lowest BCUT2D eigenvalue weighted by Crippen LogP contribution is -2.22. The summed E-state index contributed by atoms with van der Waals surface area (Å²) in [6, 6.07) is 16.1. The van der Waals surface area contributed by atoms with Crippen molar-refractivity contribution < 1.29 is 9.53 Å². The third kappa shape index (κ3) is 1.84. The molecule has 1 unspecified atom stereocenters. The van der Waals surface area contributed by atoms with Crippen molar-refractivity contribution in [2.45, 2.75) is 13.0 Å². The fraction of sp³-hybridized carbons (Fsp3) is 0.133. The Kier molecular flexibility index (Phi) is 2.52. The van der Waals surface area contributed by atoms with Crippen LogP contribution in [0.25, 0.3) is 11.1 Å². The van der Waals surface area contributed by atoms with Gasteiger partial charge in [0, 0.05) is 5.56 Å². The van der Waals surface area contributed by atoms with Crippen LogP contribution in [0.1, 0.15) is 18.6 Å². The first-order chi connectivity index (χ1) is 8.74. The lowest BCUT2D eigenvalue weighted by Gasteiger charge is -2.23. The van der Waals surface area contributed by atoms with Crippen molar-refractivity contribution >= 4 is 11.8 Å². The smallest absolute Gasteiger partial charge is 0.412 e. The van der Waals surface area contributed by atoms with Gasteiger partial charge >= 0.3 is 6.09 Å². The van der Waals surface area contributed by atoms with E-state index < -0.39 is 0 Å². The van der Waals surface area contributed by atoms with Gasteiger partial charge in [0.2, 0.25) is 0 Å². The Morgan fingerprint density at radius 2 is 1.83 bits per heavy atom. The number of fused-ring (bicyclic) bond motifs is 1. The lowest BCUT2D eigenvalue weighted by molar-refractivity contribution is 0.116. The monoisotopic (exact) mass is 239 g/mol. The van der Waals surface area contributed by atoms with Crippen LogP contribution in [-0.4, -0.2) is 6.09 Å². The highest BCUT2D eigenvalue weighted by atomic mass is 16.6. The Balaban J connectivity index is 2.06. The lowest BCUT2D eigenvalue weighted by atomic mass is 9.99. The molecule has 18 heavy (non-hydrogen) atoms. The molecule has 1 heterocycles. The van der Waals surface area contributed by atoms with Crippen LogP contribution in [-0.2, 0) is 4.74 Å². The minimum Gasteiger partial charge on any atom is -0.441 e. The first kappa shape index (κ1) is 10.8. The number of nitrogens with one attached hydrogen (secondary N) is 1. The SMILES string of the molecule is CC1OC(=O)Nc2cc(-c3ccccc3)ccc21. The van der Waals surface area contributed by atoms with E-state index in [9.17, 15) is 4.79 Å². The van der Waals surface area contributed by atoms with Crippen LogP contribution in [0.2, 0.25) is 0 Å². The largest absolute Gasteiger partial charge is 0.441 e. The quantitative estimate of drug-likeness (QED) is 0.817. The van der Waals surface area contributed by atoms with Crippen molar-refractivity contribution in [3.8, 4) is 11.1 Å². The van der Waals surface area contributed by atoms with Crippen molar-refractivity contribution in [1.82, 2.24) is 0 Å². The first-order valence-corrected chi connectivity index (χ1v) is 5.91. The highest BCUT2D eigenvalue weighted by Gasteiger charge is 2.22. The van der Waals surface area contributed by atoms with E-state index in [0.29, 0.717) is 0 Å². The molecule has 2 aromatic rings. The fourth-order valence-corrected chi connectivity index (χ4v) is 2.19. The molecule has 0 spiro atoms. The molecule has 0 aromatic heterocycles. The number of carbonyl (C=O) groups is 1. The van der Waals surface area contributed by atoms with Crippen molar-refractivity contribution in [2.75, 3.05) is 5.32 Å². The van der Waals surface area contributed by atoms with Crippen LogP contribution in [0.4, 0.5) is 10.5 Å². The number of hydrogen-bond acceptors (Lipinski definition) is 2. The van der Waals surface area contributed by atoms with E-state index in [1.165, 1.54) is 0 Å². The number of cyclic esters (lactones) is 1. The minimum atomic E-state index is -0.389. The molecule has 1 N–H and O–H groups in total. The Bertz CT molecular complexity index is 593. The summed E-state index contributed by atoms with van der Waals surface area (Å²) in [5, 5.41) is 2.74. The van der Waals surface area contributed by atoms with E-state index in [1.54, 1.807) is 0 Å². The highest BCUT2D eigenvalue weighted by Crippen LogP contribution is 2.33. The number of carbonyl (C=O) groups excluding carboxylic acids is 1. The van der Waals surface area contributed by atoms with Gasteiger partial charge in [0.25, 0.3) is 0 Å². The van der Waals surface area contributed by atoms with Crippen molar-refractivity contribution in [2.24, 2.45) is 0 Å². The number of ether oxygens (including phenoxy) is 1. The average Bonchev–Trinajstić information content (AvgIpc) is 2.39. The molecule has 0 saturated carbocycles. The third-order valence-electron chi connectivity index (χ3n) is 3.12. The average molecular weight is 239 g/mol. The molecule has 3 nitrogen and oxygen atoms in total. The van der Waals surface area contributed by atoms with Crippen molar-refractivity contribution in [3.63, 3.8) is 0 Å². The van der Waals surface area contributed by atoms with Gasteiger partial charge in [-0.2, -0.15) is 0 Å². The predicted octanol–water partition coefficient (Wildman–Crippen LogP) is 3.98. The van der Waals surface area contributed by atoms with Crippen LogP contribution >= 0.6 is 0 Å². The standard InChI is InChI=1S/C15H13NO2/c1-10-13-8-7-12(11-5-3-2-4-6-11)9-14(13)16-15(17)18-10/h2-10H,1H3,(H,16,17). The summed E-state index contributed by atoms with van der Waals surface area (Å²) < 4.78 is 5.11. The molecule has 0 saturated heterocycles. The van der Waals surface area contributed by atoms with Gasteiger partial charge < -0.3 is 4.74 Å². The van der Waals surface area contributed by atoms with Gasteiger partial charge in [0.15, 0.2) is 0 Å². The van der Waals surface area contributed by atoms with Gasteiger partial charge in [0.05, 0.1) is 5.69 Å². The third-order valence-corrected chi connectivity index (χ3v) is 3.12. The molecule has 2 aromatic carbocycles. The van der Waals surface area contributed by atoms with Gasteiger partial charge in [0.1, 0.15) is 6.10 Å². The maximum Gasteiger partial charge on any atom is 0.412 e. The van der Waals surface area contributed by atoms with Gasteiger partial charge in [-0.25, -0.2) is 4.79 Å². The normalized spacial score (nSPS) is 17.6. The molecular weight excluding hydrogens is 226 g/mol. The molecule has 0 fully saturated rings. The van der Waals surface area contributed by atoms with E-state index in [-0.39, 0.29) is 12.2 Å². The molecule has 0 bridgehead atoms. The summed E-state index contributed by atoms with van der Waals surface area (Å²) in [5.41, 5.74) is 4.06. The number of benzene rings is 2. The maximum atomic E-state index is 11.4. The molecule has 1 aliphatic rings. The molecular formula is C15H13NO2. The maximum absolute atomic E-state index is 11.4. The van der Waals surface area contributed by atoms with Gasteiger partial charge in [-0.05, 0) is 24.1 Å². The zero-order valence-corrected chi connectivity index (χ0v) is 10.0. The summed E-state index contributed by atoms with van der Waals surface area (Å²) in [6.45, 7) is 1.87. The first-order valence-electron chi connectivity index (χ1n) is 5.91. The molecule has 0 aliphatic carbocycles. The van der Waals surface area contributed by atoms with Crippen LogP contribution in [0.3, 0.4) is 0 Å². The Labute approximate surface area is 105 Å². The molecule has 3 rings (SSSR count). The second-order valence-electron chi connectivity index (χ2n) is 4.34. The summed E-state index contributed by atoms with van der Waals surface area (Å²) in [6.07, 6.45) is -0.584. The Hall–Kier alpha value is -2.29. The highest BCUT2D eigenvalue weighted by molar-refractivity contribution is 5.89.